The molecular formula is C15H16ClN3O2. The molecule has 0 radical (unpaired) electrons. The minimum Gasteiger partial charge on any atom is -0.394 e. The largest absolute Gasteiger partial charge is 0.394 e. The van der Waals surface area contributed by atoms with Crippen molar-refractivity contribution in [2.24, 2.45) is 0 Å². The molecule has 6 heteroatoms. The highest BCUT2D eigenvalue weighted by atomic mass is 35.5. The molecule has 2 aromatic rings. The third kappa shape index (κ3) is 3.93. The number of amides is 2. The number of aryl methyl sites for hydroxylation is 1. The van der Waals surface area contributed by atoms with Crippen molar-refractivity contribution in [1.29, 1.82) is 0 Å². The zero-order chi connectivity index (χ0) is 15.2. The normalized spacial score (nSPS) is 11.8. The smallest absolute Gasteiger partial charge is 0.319 e. The number of anilines is 1. The van der Waals surface area contributed by atoms with Gasteiger partial charge < -0.3 is 15.7 Å². The van der Waals surface area contributed by atoms with Gasteiger partial charge in [0.25, 0.3) is 0 Å². The lowest BCUT2D eigenvalue weighted by atomic mass is 10.1. The number of pyridine rings is 1. The number of aromatic nitrogens is 1. The highest BCUT2D eigenvalue weighted by molar-refractivity contribution is 6.34. The number of hydrogen-bond acceptors (Lipinski definition) is 3. The number of halogens is 1. The van der Waals surface area contributed by atoms with E-state index in [4.69, 9.17) is 11.6 Å². The number of aliphatic hydroxyl groups excluding tert-OH is 1. The van der Waals surface area contributed by atoms with E-state index in [1.165, 1.54) is 0 Å². The molecule has 3 N–H and O–H groups in total. The van der Waals surface area contributed by atoms with E-state index in [0.717, 1.165) is 5.56 Å². The van der Waals surface area contributed by atoms with Crippen LogP contribution in [0, 0.1) is 6.92 Å². The SMILES string of the molecule is Cc1nccc(NC(=O)N[C@@H](CO)c2ccccc2)c1Cl. The van der Waals surface area contributed by atoms with E-state index in [1.807, 2.05) is 30.3 Å². The second-order valence-corrected chi connectivity index (χ2v) is 4.88. The topological polar surface area (TPSA) is 74.2 Å². The van der Waals surface area contributed by atoms with Gasteiger partial charge in [0.2, 0.25) is 0 Å². The maximum atomic E-state index is 12.0. The Morgan fingerprint density at radius 1 is 1.33 bits per heavy atom. The maximum Gasteiger partial charge on any atom is 0.319 e. The summed E-state index contributed by atoms with van der Waals surface area (Å²) in [4.78, 5) is 16.0. The minimum atomic E-state index is -0.479. The highest BCUT2D eigenvalue weighted by Gasteiger charge is 2.14. The first kappa shape index (κ1) is 15.3. The standard InChI is InChI=1S/C15H16ClN3O2/c1-10-14(16)12(7-8-17-10)18-15(21)19-13(9-20)11-5-3-2-4-6-11/h2-8,13,20H,9H2,1H3,(H2,17,18,19,21)/t13-/m0/s1. The molecule has 0 spiro atoms. The number of carbonyl (C=O) groups excluding carboxylic acids is 1. The minimum absolute atomic E-state index is 0.194. The van der Waals surface area contributed by atoms with Gasteiger partial charge in [-0.05, 0) is 18.6 Å². The van der Waals surface area contributed by atoms with Gasteiger partial charge in [-0.25, -0.2) is 4.79 Å². The molecule has 2 amide bonds. The molecule has 0 fully saturated rings. The Kier molecular flexibility index (Phi) is 5.14. The van der Waals surface area contributed by atoms with Crippen LogP contribution in [0.1, 0.15) is 17.3 Å². The first-order chi connectivity index (χ1) is 10.1. The molecule has 0 saturated carbocycles. The van der Waals surface area contributed by atoms with Crippen molar-refractivity contribution in [3.05, 3.63) is 58.9 Å². The van der Waals surface area contributed by atoms with Gasteiger partial charge in [-0.3, -0.25) is 4.98 Å². The van der Waals surface area contributed by atoms with Crippen LogP contribution in [0.2, 0.25) is 5.02 Å². The molecule has 0 aliphatic heterocycles. The van der Waals surface area contributed by atoms with Crippen LogP contribution in [0.25, 0.3) is 0 Å². The maximum absolute atomic E-state index is 12.0. The second kappa shape index (κ2) is 7.06. The molecule has 0 aliphatic rings. The van der Waals surface area contributed by atoms with Crippen LogP contribution < -0.4 is 10.6 Å². The third-order valence-electron chi connectivity index (χ3n) is 3.00. The Morgan fingerprint density at radius 3 is 2.71 bits per heavy atom. The van der Waals surface area contributed by atoms with E-state index in [1.54, 1.807) is 19.2 Å². The number of benzene rings is 1. The first-order valence-electron chi connectivity index (χ1n) is 6.46. The lowest BCUT2D eigenvalue weighted by Gasteiger charge is -2.17. The van der Waals surface area contributed by atoms with Gasteiger partial charge in [-0.15, -0.1) is 0 Å². The van der Waals surface area contributed by atoms with E-state index < -0.39 is 12.1 Å². The summed E-state index contributed by atoms with van der Waals surface area (Å²) in [6.45, 7) is 1.56. The summed E-state index contributed by atoms with van der Waals surface area (Å²) in [5.74, 6) is 0. The van der Waals surface area contributed by atoms with Crippen LogP contribution in [0.5, 0.6) is 0 Å². The zero-order valence-corrected chi connectivity index (χ0v) is 12.3. The van der Waals surface area contributed by atoms with Crippen LogP contribution in [0.4, 0.5) is 10.5 Å². The molecular weight excluding hydrogens is 290 g/mol. The Balaban J connectivity index is 2.05. The zero-order valence-electron chi connectivity index (χ0n) is 11.5. The van der Waals surface area contributed by atoms with Gasteiger partial charge in [0, 0.05) is 6.20 Å². The summed E-state index contributed by atoms with van der Waals surface area (Å²) in [5, 5.41) is 15.2. The summed E-state index contributed by atoms with van der Waals surface area (Å²) in [5.41, 5.74) is 1.94. The van der Waals surface area contributed by atoms with Crippen molar-refractivity contribution >= 4 is 23.3 Å². The van der Waals surface area contributed by atoms with Crippen LogP contribution in [0.3, 0.4) is 0 Å². The Morgan fingerprint density at radius 2 is 2.05 bits per heavy atom. The summed E-state index contributed by atoms with van der Waals surface area (Å²) in [6, 6.07) is 9.94. The Hall–Kier alpha value is -2.11. The van der Waals surface area contributed by atoms with E-state index in [2.05, 4.69) is 15.6 Å². The average molecular weight is 306 g/mol. The molecule has 0 saturated heterocycles. The number of urea groups is 1. The fourth-order valence-electron chi connectivity index (χ4n) is 1.88. The first-order valence-corrected chi connectivity index (χ1v) is 6.84. The molecule has 1 aromatic heterocycles. The van der Waals surface area contributed by atoms with E-state index >= 15 is 0 Å². The number of aliphatic hydroxyl groups is 1. The molecule has 0 aliphatic carbocycles. The van der Waals surface area contributed by atoms with Crippen LogP contribution in [-0.4, -0.2) is 22.7 Å². The Labute approximate surface area is 128 Å². The van der Waals surface area contributed by atoms with Crippen molar-refractivity contribution in [3.8, 4) is 0 Å². The summed E-state index contributed by atoms with van der Waals surface area (Å²) >= 11 is 6.07. The van der Waals surface area contributed by atoms with E-state index in [-0.39, 0.29) is 6.61 Å². The molecule has 5 nitrogen and oxygen atoms in total. The summed E-state index contributed by atoms with van der Waals surface area (Å²) in [7, 11) is 0. The molecule has 2 rings (SSSR count). The van der Waals surface area contributed by atoms with Gasteiger partial charge in [-0.1, -0.05) is 41.9 Å². The van der Waals surface area contributed by atoms with Crippen molar-refractivity contribution in [1.82, 2.24) is 10.3 Å². The predicted molar refractivity (Wildman–Crippen MR) is 82.4 cm³/mol. The second-order valence-electron chi connectivity index (χ2n) is 4.50. The monoisotopic (exact) mass is 305 g/mol. The summed E-state index contributed by atoms with van der Waals surface area (Å²) < 4.78 is 0. The average Bonchev–Trinajstić information content (AvgIpc) is 2.50. The number of nitrogens with zero attached hydrogens (tertiary/aromatic N) is 1. The van der Waals surface area contributed by atoms with Crippen molar-refractivity contribution in [2.45, 2.75) is 13.0 Å². The summed E-state index contributed by atoms with van der Waals surface area (Å²) in [6.07, 6.45) is 1.57. The molecule has 0 bridgehead atoms. The van der Waals surface area contributed by atoms with Gasteiger partial charge in [-0.2, -0.15) is 0 Å². The Bertz CT molecular complexity index is 620. The van der Waals surface area contributed by atoms with Crippen molar-refractivity contribution in [3.63, 3.8) is 0 Å². The molecule has 0 unspecified atom stereocenters. The number of nitrogens with one attached hydrogen (secondary N) is 2. The number of carbonyl (C=O) groups is 1. The molecule has 1 atom stereocenters. The van der Waals surface area contributed by atoms with Crippen molar-refractivity contribution < 1.29 is 9.90 Å². The van der Waals surface area contributed by atoms with Gasteiger partial charge in [0.1, 0.15) is 0 Å². The van der Waals surface area contributed by atoms with Gasteiger partial charge >= 0.3 is 6.03 Å². The van der Waals surface area contributed by atoms with Crippen LogP contribution in [-0.2, 0) is 0 Å². The van der Waals surface area contributed by atoms with E-state index in [9.17, 15) is 9.90 Å². The lowest BCUT2D eigenvalue weighted by Crippen LogP contribution is -2.34. The molecule has 110 valence electrons. The van der Waals surface area contributed by atoms with E-state index in [0.29, 0.717) is 16.4 Å². The molecule has 1 heterocycles. The number of hydrogen-bond donors (Lipinski definition) is 3. The van der Waals surface area contributed by atoms with Gasteiger partial charge in [0.05, 0.1) is 29.1 Å². The number of rotatable bonds is 4. The lowest BCUT2D eigenvalue weighted by molar-refractivity contribution is 0.225. The van der Waals surface area contributed by atoms with Crippen LogP contribution in [0.15, 0.2) is 42.6 Å². The predicted octanol–water partition coefficient (Wildman–Crippen LogP) is 2.90. The van der Waals surface area contributed by atoms with Crippen molar-refractivity contribution in [2.75, 3.05) is 11.9 Å². The van der Waals surface area contributed by atoms with Crippen LogP contribution >= 0.6 is 11.6 Å². The third-order valence-corrected chi connectivity index (χ3v) is 3.48. The highest BCUT2D eigenvalue weighted by Crippen LogP contribution is 2.23. The fourth-order valence-corrected chi connectivity index (χ4v) is 2.04. The molecule has 1 aromatic carbocycles. The van der Waals surface area contributed by atoms with Gasteiger partial charge in [0.15, 0.2) is 0 Å². The molecule has 21 heavy (non-hydrogen) atoms. The quantitative estimate of drug-likeness (QED) is 0.813. The fraction of sp³-hybridized carbons (Fsp3) is 0.200.